The van der Waals surface area contributed by atoms with E-state index in [0.29, 0.717) is 0 Å². The minimum atomic E-state index is -1.45. The van der Waals surface area contributed by atoms with Crippen molar-refractivity contribution in [1.82, 2.24) is 0 Å². The molecule has 0 atom stereocenters. The lowest BCUT2D eigenvalue weighted by Gasteiger charge is -2.35. The summed E-state index contributed by atoms with van der Waals surface area (Å²) in [4.78, 5) is 0. The molecule has 0 bridgehead atoms. The highest BCUT2D eigenvalue weighted by molar-refractivity contribution is 7.29. The van der Waals surface area contributed by atoms with Crippen molar-refractivity contribution in [3.63, 3.8) is 0 Å². The van der Waals surface area contributed by atoms with Crippen LogP contribution in [-0.4, -0.2) is 33.0 Å². The molecule has 6 heteroatoms. The van der Waals surface area contributed by atoms with Gasteiger partial charge in [0.15, 0.2) is 16.6 Å². The Labute approximate surface area is 100 Å². The largest absolute Gasteiger partial charge is 0.438 e. The molecule has 0 aliphatic carbocycles. The fraction of sp³-hybridized carbons (Fsp3) is 1.00. The molecule has 0 aromatic heterocycles. The third kappa shape index (κ3) is 8.58. The van der Waals surface area contributed by atoms with Gasteiger partial charge < -0.3 is 8.23 Å². The molecule has 0 amide bonds. The van der Waals surface area contributed by atoms with E-state index >= 15 is 0 Å². The minimum Gasteiger partial charge on any atom is -0.438 e. The van der Waals surface area contributed by atoms with Crippen molar-refractivity contribution in [3.8, 4) is 0 Å². The monoisotopic (exact) mass is 279 g/mol. The van der Waals surface area contributed by atoms with Gasteiger partial charge in [-0.2, -0.15) is 0 Å². The molecule has 1 radical (unpaired) electrons. The molecule has 0 rings (SSSR count). The van der Waals surface area contributed by atoms with Gasteiger partial charge in [0.25, 0.3) is 0 Å². The topological polar surface area (TPSA) is 18.5 Å². The Balaban J connectivity index is 4.62. The third-order valence-electron chi connectivity index (χ3n) is 1.41. The van der Waals surface area contributed by atoms with Crippen molar-refractivity contribution in [2.75, 3.05) is 0 Å². The molecular weight excluding hydrogens is 252 g/mol. The van der Waals surface area contributed by atoms with Crippen LogP contribution in [0.25, 0.3) is 0 Å². The van der Waals surface area contributed by atoms with Gasteiger partial charge in [-0.05, 0) is 39.3 Å². The van der Waals surface area contributed by atoms with E-state index in [1.807, 2.05) is 0 Å². The zero-order chi connectivity index (χ0) is 12.5. The highest BCUT2D eigenvalue weighted by Gasteiger charge is 2.39. The van der Waals surface area contributed by atoms with E-state index < -0.39 is 33.0 Å². The van der Waals surface area contributed by atoms with Crippen molar-refractivity contribution < 1.29 is 8.23 Å². The lowest BCUT2D eigenvalue weighted by atomic mass is 11.8. The molecule has 0 fully saturated rings. The Hall–Kier alpha value is 0.788. The molecule has 0 aliphatic rings. The second-order valence-electron chi connectivity index (χ2n) is 6.97. The molecule has 15 heavy (non-hydrogen) atoms. The maximum Gasteiger partial charge on any atom is 0.336 e. The third-order valence-corrected chi connectivity index (χ3v) is 14.5. The highest BCUT2D eigenvalue weighted by Crippen LogP contribution is 2.18. The first kappa shape index (κ1) is 15.8. The number of hydrogen-bond donors (Lipinski definition) is 0. The van der Waals surface area contributed by atoms with Crippen molar-refractivity contribution in [2.24, 2.45) is 0 Å². The Bertz CT molecular complexity index is 184. The Morgan fingerprint density at radius 1 is 0.600 bits per heavy atom. The van der Waals surface area contributed by atoms with Gasteiger partial charge in [-0.1, -0.05) is 19.6 Å². The van der Waals surface area contributed by atoms with E-state index in [0.717, 1.165) is 0 Å². The van der Waals surface area contributed by atoms with E-state index in [9.17, 15) is 0 Å². The smallest absolute Gasteiger partial charge is 0.336 e. The first-order valence-corrected chi connectivity index (χ1v) is 18.2. The second kappa shape index (κ2) is 4.97. The molecular formula is C9H27O2Si4. The van der Waals surface area contributed by atoms with Crippen LogP contribution in [0.1, 0.15) is 0 Å². The van der Waals surface area contributed by atoms with Gasteiger partial charge in [-0.15, -0.1) is 0 Å². The summed E-state index contributed by atoms with van der Waals surface area (Å²) in [7, 11) is -5.20. The van der Waals surface area contributed by atoms with Crippen molar-refractivity contribution in [2.45, 2.75) is 58.9 Å². The minimum absolute atomic E-state index is 1.01. The number of hydrogen-bond acceptors (Lipinski definition) is 2. The van der Waals surface area contributed by atoms with Crippen LogP contribution in [0.15, 0.2) is 0 Å². The highest BCUT2D eigenvalue weighted by atomic mass is 29.3. The summed E-state index contributed by atoms with van der Waals surface area (Å²) < 4.78 is 12.6. The van der Waals surface area contributed by atoms with Crippen LogP contribution >= 0.6 is 0 Å². The van der Waals surface area contributed by atoms with Gasteiger partial charge in [0.2, 0.25) is 0 Å². The molecule has 0 saturated carbocycles. The van der Waals surface area contributed by atoms with Crippen molar-refractivity contribution in [1.29, 1.82) is 0 Å². The molecule has 0 aliphatic heterocycles. The van der Waals surface area contributed by atoms with E-state index in [4.69, 9.17) is 8.23 Å². The van der Waals surface area contributed by atoms with Gasteiger partial charge in [0.1, 0.15) is 7.59 Å². The van der Waals surface area contributed by atoms with Gasteiger partial charge >= 0.3 is 8.80 Å². The zero-order valence-corrected chi connectivity index (χ0v) is 15.8. The van der Waals surface area contributed by atoms with Crippen molar-refractivity contribution in [3.05, 3.63) is 0 Å². The van der Waals surface area contributed by atoms with E-state index in [1.54, 1.807) is 0 Å². The summed E-state index contributed by atoms with van der Waals surface area (Å²) in [5.74, 6) is 0. The molecule has 2 nitrogen and oxygen atoms in total. The molecule has 0 heterocycles. The molecule has 0 N–H and O–H groups in total. The number of rotatable bonds is 5. The summed E-state index contributed by atoms with van der Waals surface area (Å²) in [6.45, 7) is 20.6. The summed E-state index contributed by atoms with van der Waals surface area (Å²) in [6.07, 6.45) is 0. The summed E-state index contributed by atoms with van der Waals surface area (Å²) >= 11 is 0. The zero-order valence-electron chi connectivity index (χ0n) is 11.8. The van der Waals surface area contributed by atoms with E-state index in [2.05, 4.69) is 58.9 Å². The predicted octanol–water partition coefficient (Wildman–Crippen LogP) is 3.59. The van der Waals surface area contributed by atoms with Gasteiger partial charge in [-0.3, -0.25) is 0 Å². The van der Waals surface area contributed by atoms with Crippen LogP contribution in [0.2, 0.25) is 58.9 Å². The lowest BCUT2D eigenvalue weighted by Crippen LogP contribution is -2.56. The standard InChI is InChI=1S/C9H27O2Si4/c1-13(2,3)10-12(15(7,8)9)11-14(4,5)6/h1-9H3. The summed E-state index contributed by atoms with van der Waals surface area (Å²) in [6, 6.07) is 0. The molecule has 91 valence electrons. The predicted molar refractivity (Wildman–Crippen MR) is 78.0 cm³/mol. The van der Waals surface area contributed by atoms with Gasteiger partial charge in [0.05, 0.1) is 0 Å². The van der Waals surface area contributed by atoms with Crippen LogP contribution in [0, 0.1) is 0 Å². The quantitative estimate of drug-likeness (QED) is 0.716. The SMILES string of the molecule is C[Si](C)(C)O[Si](O[Si](C)(C)C)[Si](C)(C)C. The average molecular weight is 280 g/mol. The van der Waals surface area contributed by atoms with E-state index in [1.165, 1.54) is 0 Å². The fourth-order valence-electron chi connectivity index (χ4n) is 0.883. The maximum atomic E-state index is 6.29. The molecule has 0 spiro atoms. The lowest BCUT2D eigenvalue weighted by molar-refractivity contribution is 0.441. The Morgan fingerprint density at radius 3 is 1.00 bits per heavy atom. The van der Waals surface area contributed by atoms with Crippen LogP contribution in [-0.2, 0) is 8.23 Å². The van der Waals surface area contributed by atoms with Crippen LogP contribution in [0.5, 0.6) is 0 Å². The first-order valence-electron chi connectivity index (χ1n) is 5.57. The summed E-state index contributed by atoms with van der Waals surface area (Å²) in [5.41, 5.74) is 0. The normalized spacial score (nSPS) is 14.8. The molecule has 0 aromatic rings. The second-order valence-corrected chi connectivity index (χ2v) is 27.8. The Kier molecular flexibility index (Phi) is 5.23. The molecule has 0 aromatic carbocycles. The maximum absolute atomic E-state index is 6.29. The Morgan fingerprint density at radius 2 is 0.867 bits per heavy atom. The van der Waals surface area contributed by atoms with Crippen molar-refractivity contribution >= 4 is 33.0 Å². The van der Waals surface area contributed by atoms with Crippen LogP contribution < -0.4 is 0 Å². The van der Waals surface area contributed by atoms with Gasteiger partial charge in [0, 0.05) is 0 Å². The van der Waals surface area contributed by atoms with Crippen LogP contribution in [0.3, 0.4) is 0 Å². The summed E-state index contributed by atoms with van der Waals surface area (Å²) in [5, 5.41) is 0. The van der Waals surface area contributed by atoms with Gasteiger partial charge in [-0.25, -0.2) is 0 Å². The molecule has 0 saturated heterocycles. The first-order chi connectivity index (χ1) is 6.31. The van der Waals surface area contributed by atoms with E-state index in [-0.39, 0.29) is 0 Å². The average Bonchev–Trinajstić information content (AvgIpc) is 1.75. The van der Waals surface area contributed by atoms with Crippen LogP contribution in [0.4, 0.5) is 0 Å². The molecule has 0 unspecified atom stereocenters. The fourth-order valence-corrected chi connectivity index (χ4v) is 19.3.